The number of pyridine rings is 1. The van der Waals surface area contributed by atoms with Crippen molar-refractivity contribution in [2.24, 2.45) is 10.9 Å². The number of ether oxygens (including phenoxy) is 4. The molecule has 5 amide bonds. The molecule has 2 aromatic heterocycles. The van der Waals surface area contributed by atoms with E-state index >= 15 is 0 Å². The Morgan fingerprint density at radius 2 is 1.52 bits per heavy atom. The summed E-state index contributed by atoms with van der Waals surface area (Å²) in [5, 5.41) is 24.5. The van der Waals surface area contributed by atoms with Gasteiger partial charge in [-0.25, -0.2) is 13.8 Å². The van der Waals surface area contributed by atoms with E-state index in [0.717, 1.165) is 12.8 Å². The molecule has 0 saturated carbocycles. The molecule has 0 aliphatic carbocycles. The molecule has 23 nitrogen and oxygen atoms in total. The molecule has 1 unspecified atom stereocenters. The van der Waals surface area contributed by atoms with Gasteiger partial charge in [0.1, 0.15) is 35.6 Å². The molecule has 5 atom stereocenters. The third-order valence-electron chi connectivity index (χ3n) is 16.6. The molecule has 5 aliphatic rings. The number of nitriles is 1. The monoisotopic (exact) mass is 1220 g/mol. The molecule has 4 aromatic rings. The molecule has 9 rings (SSSR count). The lowest BCUT2D eigenvalue weighted by Gasteiger charge is -2.38. The number of fused-ring (bicyclic) bond motifs is 8. The molecule has 87 heavy (non-hydrogen) atoms. The first-order valence-corrected chi connectivity index (χ1v) is 30.8. The maximum atomic E-state index is 14.8. The molecule has 2 aromatic carbocycles. The number of nitrogens with one attached hydrogen (secondary N) is 3. The average Bonchev–Trinajstić information content (AvgIpc) is 2.18. The lowest BCUT2D eigenvalue weighted by Crippen LogP contribution is -2.58. The number of halogens is 2. The Bertz CT molecular complexity index is 3190. The first kappa shape index (κ1) is 64.1. The molecular weight excluding hydrogens is 1140 g/mol. The van der Waals surface area contributed by atoms with E-state index in [9.17, 15) is 42.8 Å². The van der Waals surface area contributed by atoms with E-state index in [-0.39, 0.29) is 130 Å². The van der Waals surface area contributed by atoms with E-state index in [1.807, 2.05) is 11.0 Å². The number of anilines is 2. The fourth-order valence-electron chi connectivity index (χ4n) is 11.8. The van der Waals surface area contributed by atoms with Gasteiger partial charge in [-0.15, -0.1) is 11.8 Å². The van der Waals surface area contributed by atoms with Crippen LogP contribution in [-0.4, -0.2) is 199 Å². The van der Waals surface area contributed by atoms with Gasteiger partial charge in [-0.2, -0.15) is 10.4 Å². The molecule has 5 N–H and O–H groups in total. The molecule has 466 valence electrons. The third kappa shape index (κ3) is 15.8. The van der Waals surface area contributed by atoms with Gasteiger partial charge >= 0.3 is 0 Å². The number of hydrogen-bond donors (Lipinski definition) is 4. The minimum absolute atomic E-state index is 0.0551. The third-order valence-corrected chi connectivity index (χ3v) is 17.8. The van der Waals surface area contributed by atoms with Crippen LogP contribution in [0.5, 0.6) is 0 Å². The van der Waals surface area contributed by atoms with E-state index < -0.39 is 29.8 Å². The van der Waals surface area contributed by atoms with E-state index in [2.05, 4.69) is 32.1 Å². The summed E-state index contributed by atoms with van der Waals surface area (Å²) in [6.45, 7) is 6.24. The van der Waals surface area contributed by atoms with Crippen molar-refractivity contribution in [3.05, 3.63) is 94.4 Å². The number of amides is 5. The Morgan fingerprint density at radius 3 is 2.22 bits per heavy atom. The Morgan fingerprint density at radius 1 is 0.851 bits per heavy atom. The van der Waals surface area contributed by atoms with Crippen LogP contribution in [0.2, 0.25) is 0 Å². The van der Waals surface area contributed by atoms with Crippen molar-refractivity contribution in [3.8, 4) is 17.2 Å². The number of rotatable bonds is 26. The number of aliphatic imine (C=N–C) groups is 1. The number of carbonyl (C=O) groups is 6. The van der Waals surface area contributed by atoms with E-state index in [1.54, 1.807) is 41.7 Å². The van der Waals surface area contributed by atoms with Crippen LogP contribution in [0.25, 0.3) is 11.1 Å². The van der Waals surface area contributed by atoms with Gasteiger partial charge in [0.2, 0.25) is 23.6 Å². The second kappa shape index (κ2) is 30.5. The van der Waals surface area contributed by atoms with E-state index in [4.69, 9.17) is 29.7 Å². The van der Waals surface area contributed by atoms with Crippen molar-refractivity contribution in [1.29, 1.82) is 5.26 Å². The number of ketones is 1. The van der Waals surface area contributed by atoms with E-state index in [0.29, 0.717) is 122 Å². The fourth-order valence-corrected chi connectivity index (χ4v) is 13.0. The summed E-state index contributed by atoms with van der Waals surface area (Å²) in [6, 6.07) is 11.1. The summed E-state index contributed by atoms with van der Waals surface area (Å²) in [4.78, 5) is 97.5. The summed E-state index contributed by atoms with van der Waals surface area (Å²) in [7, 11) is 3.33. The van der Waals surface area contributed by atoms with Crippen molar-refractivity contribution in [2.45, 2.75) is 102 Å². The van der Waals surface area contributed by atoms with Crippen molar-refractivity contribution in [2.75, 3.05) is 116 Å². The largest absolute Gasteiger partial charge is 0.382 e. The Hall–Kier alpha value is -7.41. The highest BCUT2D eigenvalue weighted by molar-refractivity contribution is 8.14. The summed E-state index contributed by atoms with van der Waals surface area (Å²) in [5.41, 5.74) is 10.2. The molecule has 7 heterocycles. The quantitative estimate of drug-likeness (QED) is 0.0504. The number of aromatic nitrogens is 3. The number of Topliss-reactive ketones (excluding diaryl/α,β-unsaturated/α-hetero) is 1. The van der Waals surface area contributed by atoms with Crippen LogP contribution in [0.1, 0.15) is 102 Å². The summed E-state index contributed by atoms with van der Waals surface area (Å²) < 4.78 is 52.5. The second-order valence-electron chi connectivity index (χ2n) is 22.2. The van der Waals surface area contributed by atoms with Crippen LogP contribution in [0, 0.1) is 28.9 Å². The summed E-state index contributed by atoms with van der Waals surface area (Å²) >= 11 is 1.46. The first-order chi connectivity index (χ1) is 42.1. The number of thioether (sulfide) groups is 1. The first-order valence-electron chi connectivity index (χ1n) is 29.8. The van der Waals surface area contributed by atoms with Gasteiger partial charge in [0, 0.05) is 80.4 Å². The zero-order valence-corrected chi connectivity index (χ0v) is 50.3. The molecule has 0 radical (unpaired) electrons. The van der Waals surface area contributed by atoms with Gasteiger partial charge in [-0.3, -0.25) is 38.4 Å². The molecule has 2 bridgehead atoms. The van der Waals surface area contributed by atoms with Crippen molar-refractivity contribution in [3.63, 3.8) is 0 Å². The number of nitrogens with zero attached hydrogens (tertiary/aromatic N) is 9. The lowest BCUT2D eigenvalue weighted by molar-refractivity contribution is -0.140. The number of hydrogen-bond acceptors (Lipinski definition) is 18. The zero-order chi connectivity index (χ0) is 61.6. The number of piperidine rings is 1. The maximum Gasteiger partial charge on any atom is 0.254 e. The normalized spacial score (nSPS) is 19.3. The number of likely N-dealkylation sites (N-methyl/N-ethyl adjacent to an activating group) is 1. The standard InChI is InChI=1S/C61H77F2N13O10S/c1-38(66-2)58(80)70-55(61(82)75-20-5-7-49(75)59-69-47(37-87-59)56(79)40-8-10-42(62)11-9-40)39-14-21-73(22-15-39)53(78)17-25-84-27-29-86-31-30-85-28-26-83-24-16-52(77)67-18-23-76-51-36-72(3)60(81)44-13-12-43(63)33-45(44)48-6-4-19-74(48)50-32-41(35-68-57(50)65)54(51)46(34-64)71-76/h8-13,32-33,35,38-39,47-49,55,66H,4-7,14-31,36-37H2,1-3H3,(H2,65,68)(H,67,77)(H,70,80)/t38-,47?,48-,49-,55-/m1/s1. The number of likely N-dealkylation sites (tertiary alicyclic amines) is 2. The van der Waals surface area contributed by atoms with Gasteiger partial charge in [0.25, 0.3) is 5.91 Å². The predicted molar refractivity (Wildman–Crippen MR) is 321 cm³/mol. The smallest absolute Gasteiger partial charge is 0.254 e. The maximum absolute atomic E-state index is 14.8. The number of nitrogens with two attached hydrogens (primary N) is 1. The van der Waals surface area contributed by atoms with Gasteiger partial charge in [0.15, 0.2) is 11.5 Å². The number of benzene rings is 2. The summed E-state index contributed by atoms with van der Waals surface area (Å²) in [6.07, 6.45) is 5.80. The Labute approximate surface area is 509 Å². The van der Waals surface area contributed by atoms with Crippen molar-refractivity contribution < 1.29 is 56.5 Å². The van der Waals surface area contributed by atoms with Gasteiger partial charge in [-0.05, 0) is 113 Å². The molecule has 5 aliphatic heterocycles. The van der Waals surface area contributed by atoms with Crippen molar-refractivity contribution in [1.82, 2.24) is 45.4 Å². The minimum atomic E-state index is -0.808. The van der Waals surface area contributed by atoms with E-state index in [1.165, 1.54) is 59.1 Å². The topological polar surface area (TPSA) is 281 Å². The fraction of sp³-hybridized carbons (Fsp3) is 0.541. The SMILES string of the molecule is CN[C@H](C)C(=O)N[C@@H](C(=O)N1CCC[C@@H]1C1=NC(C(=O)c2ccc(F)cc2)CS1)C1CCN(C(=O)CCOCCOCCOCCOCCC(=O)NCCn2nc(C#N)c3c2CN(C)C(=O)c2ccc(F)cc2[C@H]2CCCN2c2cc-3cnc2N)CC1. The molecule has 26 heteroatoms. The van der Waals surface area contributed by atoms with Crippen LogP contribution < -0.4 is 26.6 Å². The van der Waals surface area contributed by atoms with Crippen LogP contribution in [0.15, 0.2) is 59.7 Å². The van der Waals surface area contributed by atoms with Crippen LogP contribution >= 0.6 is 11.8 Å². The Balaban J connectivity index is 0.637. The van der Waals surface area contributed by atoms with Crippen LogP contribution in [-0.2, 0) is 51.2 Å². The molecule has 0 spiro atoms. The second-order valence-corrected chi connectivity index (χ2v) is 23.3. The van der Waals surface area contributed by atoms with Gasteiger partial charge < -0.3 is 60.2 Å². The molecular formula is C61H77F2N13O10S. The highest BCUT2D eigenvalue weighted by atomic mass is 32.2. The van der Waals surface area contributed by atoms with Gasteiger partial charge in [0.05, 0.1) is 107 Å². The van der Waals surface area contributed by atoms with Gasteiger partial charge in [-0.1, -0.05) is 0 Å². The highest BCUT2D eigenvalue weighted by Gasteiger charge is 2.43. The highest BCUT2D eigenvalue weighted by Crippen LogP contribution is 2.43. The van der Waals surface area contributed by atoms with Crippen molar-refractivity contribution >= 4 is 63.6 Å². The molecule has 3 fully saturated rings. The number of nitrogen functional groups attached to an aromatic ring is 1. The Kier molecular flexibility index (Phi) is 22.4. The zero-order valence-electron chi connectivity index (χ0n) is 49.5. The minimum Gasteiger partial charge on any atom is -0.382 e. The predicted octanol–water partition coefficient (Wildman–Crippen LogP) is 4.29. The van der Waals surface area contributed by atoms with Crippen LogP contribution in [0.3, 0.4) is 0 Å². The summed E-state index contributed by atoms with van der Waals surface area (Å²) in [5.74, 6) is -1.71. The average molecular weight is 1220 g/mol. The number of carbonyl (C=O) groups excluding carboxylic acids is 6. The lowest BCUT2D eigenvalue weighted by atomic mass is 9.88. The van der Waals surface area contributed by atoms with Crippen LogP contribution in [0.4, 0.5) is 20.3 Å². The molecule has 3 saturated heterocycles.